The summed E-state index contributed by atoms with van der Waals surface area (Å²) in [5, 5.41) is 7.16. The monoisotopic (exact) mass is 344 g/mol. The van der Waals surface area contributed by atoms with E-state index in [9.17, 15) is 0 Å². The molecule has 0 saturated heterocycles. The number of hydrazine groups is 1. The molecule has 3 aromatic rings. The Kier molecular flexibility index (Phi) is 3.66. The van der Waals surface area contributed by atoms with Crippen LogP contribution in [0.4, 0.5) is 5.69 Å². The summed E-state index contributed by atoms with van der Waals surface area (Å²) >= 11 is 9.53. The number of anilines is 1. The molecule has 1 N–H and O–H groups in total. The average Bonchev–Trinajstić information content (AvgIpc) is 3.27. The van der Waals surface area contributed by atoms with E-state index in [0.29, 0.717) is 0 Å². The first-order valence-electron chi connectivity index (χ1n) is 6.92. The highest BCUT2D eigenvalue weighted by Crippen LogP contribution is 2.37. The van der Waals surface area contributed by atoms with Crippen LogP contribution < -0.4 is 10.4 Å². The molecule has 4 rings (SSSR count). The van der Waals surface area contributed by atoms with Gasteiger partial charge >= 0.3 is 0 Å². The summed E-state index contributed by atoms with van der Waals surface area (Å²) in [4.78, 5) is 2.56. The molecule has 3 heterocycles. The molecule has 0 fully saturated rings. The molecule has 0 saturated carbocycles. The Morgan fingerprint density at radius 2 is 1.73 bits per heavy atom. The van der Waals surface area contributed by atoms with Crippen molar-refractivity contribution in [2.75, 3.05) is 5.01 Å². The maximum atomic E-state index is 6.02. The first-order chi connectivity index (χ1) is 10.8. The zero-order chi connectivity index (χ0) is 14.9. The molecular weight excluding hydrogens is 332 g/mol. The van der Waals surface area contributed by atoms with Crippen LogP contribution >= 0.6 is 34.3 Å². The SMILES string of the molecule is Clc1ccc(N2NC(c3cccs3)=CC2c2cccs2)cc1. The Labute approximate surface area is 142 Å². The van der Waals surface area contributed by atoms with Crippen LogP contribution in [0.5, 0.6) is 0 Å². The van der Waals surface area contributed by atoms with Crippen LogP contribution in [0.2, 0.25) is 5.02 Å². The molecule has 1 aliphatic heterocycles. The third-order valence-electron chi connectivity index (χ3n) is 3.57. The molecule has 5 heteroatoms. The van der Waals surface area contributed by atoms with E-state index in [1.807, 2.05) is 24.3 Å². The highest BCUT2D eigenvalue weighted by molar-refractivity contribution is 7.11. The molecule has 0 radical (unpaired) electrons. The van der Waals surface area contributed by atoms with Gasteiger partial charge in [-0.1, -0.05) is 23.7 Å². The molecule has 0 spiro atoms. The molecule has 2 nitrogen and oxygen atoms in total. The van der Waals surface area contributed by atoms with Gasteiger partial charge in [0.05, 0.1) is 16.3 Å². The van der Waals surface area contributed by atoms with E-state index in [1.54, 1.807) is 22.7 Å². The zero-order valence-electron chi connectivity index (χ0n) is 11.6. The van der Waals surface area contributed by atoms with Crippen LogP contribution in [-0.2, 0) is 0 Å². The fraction of sp³-hybridized carbons (Fsp3) is 0.0588. The molecule has 22 heavy (non-hydrogen) atoms. The van der Waals surface area contributed by atoms with Gasteiger partial charge in [0.15, 0.2) is 0 Å². The molecule has 2 aromatic heterocycles. The van der Waals surface area contributed by atoms with Gasteiger partial charge in [-0.3, -0.25) is 10.4 Å². The van der Waals surface area contributed by atoms with E-state index in [1.165, 1.54) is 9.75 Å². The Morgan fingerprint density at radius 3 is 2.41 bits per heavy atom. The van der Waals surface area contributed by atoms with Crippen molar-refractivity contribution < 1.29 is 0 Å². The van der Waals surface area contributed by atoms with E-state index in [2.05, 4.69) is 51.5 Å². The lowest BCUT2D eigenvalue weighted by Crippen LogP contribution is -2.33. The highest BCUT2D eigenvalue weighted by atomic mass is 35.5. The zero-order valence-corrected chi connectivity index (χ0v) is 14.0. The lowest BCUT2D eigenvalue weighted by molar-refractivity contribution is 0.734. The van der Waals surface area contributed by atoms with Crippen molar-refractivity contribution in [3.05, 3.63) is 80.1 Å². The van der Waals surface area contributed by atoms with Gasteiger partial charge in [-0.15, -0.1) is 22.7 Å². The van der Waals surface area contributed by atoms with Crippen molar-refractivity contribution in [2.24, 2.45) is 0 Å². The van der Waals surface area contributed by atoms with Crippen molar-refractivity contribution in [2.45, 2.75) is 6.04 Å². The van der Waals surface area contributed by atoms with E-state index >= 15 is 0 Å². The fourth-order valence-electron chi connectivity index (χ4n) is 2.53. The number of halogens is 1. The van der Waals surface area contributed by atoms with Gasteiger partial charge in [-0.2, -0.15) is 0 Å². The number of hydrogen-bond acceptors (Lipinski definition) is 4. The molecule has 0 aliphatic carbocycles. The quantitative estimate of drug-likeness (QED) is 0.668. The van der Waals surface area contributed by atoms with Gasteiger partial charge in [-0.05, 0) is 53.2 Å². The van der Waals surface area contributed by atoms with Gasteiger partial charge in [0.25, 0.3) is 0 Å². The smallest absolute Gasteiger partial charge is 0.105 e. The summed E-state index contributed by atoms with van der Waals surface area (Å²) in [6, 6.07) is 16.6. The highest BCUT2D eigenvalue weighted by Gasteiger charge is 2.28. The molecule has 1 aromatic carbocycles. The predicted molar refractivity (Wildman–Crippen MR) is 96.4 cm³/mol. The second-order valence-electron chi connectivity index (χ2n) is 4.98. The molecule has 0 bridgehead atoms. The summed E-state index contributed by atoms with van der Waals surface area (Å²) in [6.45, 7) is 0. The van der Waals surface area contributed by atoms with Crippen molar-refractivity contribution in [1.82, 2.24) is 5.43 Å². The van der Waals surface area contributed by atoms with Crippen LogP contribution in [-0.4, -0.2) is 0 Å². The van der Waals surface area contributed by atoms with E-state index in [-0.39, 0.29) is 6.04 Å². The second-order valence-corrected chi connectivity index (χ2v) is 7.34. The van der Waals surface area contributed by atoms with Gasteiger partial charge in [0.1, 0.15) is 6.04 Å². The van der Waals surface area contributed by atoms with Crippen LogP contribution in [0.15, 0.2) is 65.4 Å². The Hall–Kier alpha value is -1.75. The normalized spacial score (nSPS) is 17.4. The molecular formula is C17H13ClN2S2. The maximum absolute atomic E-state index is 6.02. The lowest BCUT2D eigenvalue weighted by Gasteiger charge is -2.26. The summed E-state index contributed by atoms with van der Waals surface area (Å²) in [6.07, 6.45) is 2.28. The topological polar surface area (TPSA) is 15.3 Å². The predicted octanol–water partition coefficient (Wildman–Crippen LogP) is 5.57. The second kappa shape index (κ2) is 5.80. The minimum atomic E-state index is 0.193. The van der Waals surface area contributed by atoms with Crippen molar-refractivity contribution in [1.29, 1.82) is 0 Å². The van der Waals surface area contributed by atoms with E-state index in [4.69, 9.17) is 11.6 Å². The van der Waals surface area contributed by atoms with Crippen LogP contribution in [0.3, 0.4) is 0 Å². The first kappa shape index (κ1) is 13.9. The Morgan fingerprint density at radius 1 is 0.955 bits per heavy atom. The molecule has 1 unspecified atom stereocenters. The standard InChI is InChI=1S/C17H13ClN2S2/c18-12-5-7-13(8-6-12)20-15(17-4-2-10-22-17)11-14(19-20)16-3-1-9-21-16/h1-11,15,19H. The molecule has 110 valence electrons. The third-order valence-corrected chi connectivity index (χ3v) is 5.67. The average molecular weight is 345 g/mol. The summed E-state index contributed by atoms with van der Waals surface area (Å²) in [5.41, 5.74) is 5.79. The Balaban J connectivity index is 1.73. The van der Waals surface area contributed by atoms with E-state index in [0.717, 1.165) is 16.4 Å². The van der Waals surface area contributed by atoms with Crippen LogP contribution in [0, 0.1) is 0 Å². The number of thiophene rings is 2. The Bertz CT molecular complexity index is 777. The van der Waals surface area contributed by atoms with E-state index < -0.39 is 0 Å². The van der Waals surface area contributed by atoms with Gasteiger partial charge in [0, 0.05) is 9.90 Å². The number of nitrogens with one attached hydrogen (secondary N) is 1. The summed E-state index contributed by atoms with van der Waals surface area (Å²) in [7, 11) is 0. The number of nitrogens with zero attached hydrogens (tertiary/aromatic N) is 1. The third kappa shape index (κ3) is 2.54. The number of benzene rings is 1. The lowest BCUT2D eigenvalue weighted by atomic mass is 10.2. The van der Waals surface area contributed by atoms with Crippen LogP contribution in [0.25, 0.3) is 5.70 Å². The molecule has 1 atom stereocenters. The van der Waals surface area contributed by atoms with Gasteiger partial charge in [-0.25, -0.2) is 0 Å². The van der Waals surface area contributed by atoms with Gasteiger partial charge in [0.2, 0.25) is 0 Å². The van der Waals surface area contributed by atoms with Gasteiger partial charge < -0.3 is 0 Å². The minimum absolute atomic E-state index is 0.193. The summed E-state index contributed by atoms with van der Waals surface area (Å²) in [5.74, 6) is 0. The summed E-state index contributed by atoms with van der Waals surface area (Å²) < 4.78 is 0. The number of hydrogen-bond donors (Lipinski definition) is 1. The van der Waals surface area contributed by atoms with Crippen molar-refractivity contribution >= 4 is 45.7 Å². The maximum Gasteiger partial charge on any atom is 0.105 e. The largest absolute Gasteiger partial charge is 0.296 e. The first-order valence-corrected chi connectivity index (χ1v) is 9.05. The molecule has 0 amide bonds. The fourth-order valence-corrected chi connectivity index (χ4v) is 4.15. The van der Waals surface area contributed by atoms with Crippen molar-refractivity contribution in [3.63, 3.8) is 0 Å². The molecule has 1 aliphatic rings. The van der Waals surface area contributed by atoms with Crippen LogP contribution in [0.1, 0.15) is 15.8 Å². The van der Waals surface area contributed by atoms with Crippen molar-refractivity contribution in [3.8, 4) is 0 Å². The minimum Gasteiger partial charge on any atom is -0.296 e. The number of rotatable bonds is 3.